The van der Waals surface area contributed by atoms with Crippen LogP contribution in [0.3, 0.4) is 0 Å². The normalized spacial score (nSPS) is 12.6. The molecule has 2 unspecified atom stereocenters. The third-order valence-corrected chi connectivity index (χ3v) is 13.8. The van der Waals surface area contributed by atoms with Crippen LogP contribution in [0.5, 0.6) is 0 Å². The first-order valence-electron chi connectivity index (χ1n) is 29.5. The monoisotopic (exact) mass is 918 g/mol. The van der Waals surface area contributed by atoms with E-state index < -0.39 is 12.1 Å². The van der Waals surface area contributed by atoms with E-state index in [9.17, 15) is 19.8 Å². The summed E-state index contributed by atoms with van der Waals surface area (Å²) >= 11 is 0. The molecule has 6 nitrogen and oxygen atoms in total. The van der Waals surface area contributed by atoms with Crippen LogP contribution in [0.1, 0.15) is 328 Å². The van der Waals surface area contributed by atoms with Crippen molar-refractivity contribution in [3.8, 4) is 0 Å². The summed E-state index contributed by atoms with van der Waals surface area (Å²) < 4.78 is 5.49. The Kier molecular flexibility index (Phi) is 54.0. The van der Waals surface area contributed by atoms with Gasteiger partial charge in [-0.2, -0.15) is 0 Å². The molecule has 3 N–H and O–H groups in total. The van der Waals surface area contributed by atoms with E-state index in [1.54, 1.807) is 6.08 Å². The summed E-state index contributed by atoms with van der Waals surface area (Å²) in [7, 11) is 0. The Bertz CT molecular complexity index is 970. The topological polar surface area (TPSA) is 95.9 Å². The third-order valence-electron chi connectivity index (χ3n) is 13.8. The van der Waals surface area contributed by atoms with Crippen LogP contribution in [0, 0.1) is 0 Å². The number of nitrogens with one attached hydrogen (secondary N) is 1. The van der Waals surface area contributed by atoms with E-state index in [4.69, 9.17) is 4.74 Å². The molecule has 0 bridgehead atoms. The standard InChI is InChI=1S/C59H115NO5/c1-3-5-7-9-11-13-15-17-19-21-25-29-33-37-41-45-49-53-59(64)65-54-50-46-42-38-34-30-26-23-20-22-24-28-32-36-40-44-48-52-58(63)60-56(55-61)57(62)51-47-43-39-35-31-27-18-16-14-12-10-8-6-4-2/h47,51,56-57,61-62H,3-46,48-50,52-55H2,1-2H3,(H,60,63)/b51-47+. The van der Waals surface area contributed by atoms with Crippen LogP contribution in [0.4, 0.5) is 0 Å². The number of carbonyl (C=O) groups excluding carboxylic acids is 2. The maximum absolute atomic E-state index is 12.4. The lowest BCUT2D eigenvalue weighted by molar-refractivity contribution is -0.143. The Balaban J connectivity index is 3.41. The Morgan fingerprint density at radius 1 is 0.415 bits per heavy atom. The molecular weight excluding hydrogens is 803 g/mol. The molecule has 0 aromatic heterocycles. The van der Waals surface area contributed by atoms with Gasteiger partial charge in [0.2, 0.25) is 5.91 Å². The maximum Gasteiger partial charge on any atom is 0.305 e. The van der Waals surface area contributed by atoms with Gasteiger partial charge in [-0.15, -0.1) is 0 Å². The first kappa shape index (κ1) is 63.6. The molecule has 0 aromatic rings. The minimum atomic E-state index is -0.846. The highest BCUT2D eigenvalue weighted by molar-refractivity contribution is 5.76. The number of rotatable bonds is 55. The molecule has 0 aliphatic rings. The maximum atomic E-state index is 12.4. The van der Waals surface area contributed by atoms with E-state index in [0.29, 0.717) is 19.4 Å². The van der Waals surface area contributed by atoms with Crippen molar-refractivity contribution in [2.75, 3.05) is 13.2 Å². The van der Waals surface area contributed by atoms with E-state index in [1.165, 1.54) is 263 Å². The molecule has 0 aliphatic heterocycles. The number of allylic oxidation sites excluding steroid dienone is 1. The largest absolute Gasteiger partial charge is 0.466 e. The van der Waals surface area contributed by atoms with E-state index in [2.05, 4.69) is 19.2 Å². The molecule has 0 aliphatic carbocycles. The minimum absolute atomic E-state index is 0.00888. The number of esters is 1. The SMILES string of the molecule is CCCCCCCCCCCCCC/C=C/C(O)C(CO)NC(=O)CCCCCCCCCCCCCCCCCCCOC(=O)CCCCCCCCCCCCCCCCCCC. The minimum Gasteiger partial charge on any atom is -0.466 e. The van der Waals surface area contributed by atoms with Crippen molar-refractivity contribution in [3.05, 3.63) is 12.2 Å². The van der Waals surface area contributed by atoms with Gasteiger partial charge in [0.15, 0.2) is 0 Å². The Morgan fingerprint density at radius 2 is 0.708 bits per heavy atom. The zero-order chi connectivity index (χ0) is 47.2. The van der Waals surface area contributed by atoms with E-state index >= 15 is 0 Å². The number of unbranched alkanes of at least 4 members (excludes halogenated alkanes) is 44. The molecular formula is C59H115NO5. The predicted octanol–water partition coefficient (Wildman–Crippen LogP) is 18.1. The molecule has 1 amide bonds. The van der Waals surface area contributed by atoms with Gasteiger partial charge in [0.1, 0.15) is 0 Å². The molecule has 0 fully saturated rings. The van der Waals surface area contributed by atoms with Crippen molar-refractivity contribution < 1.29 is 24.5 Å². The van der Waals surface area contributed by atoms with Gasteiger partial charge >= 0.3 is 5.97 Å². The smallest absolute Gasteiger partial charge is 0.305 e. The fourth-order valence-electron chi connectivity index (χ4n) is 9.28. The van der Waals surface area contributed by atoms with Gasteiger partial charge in [0, 0.05) is 12.8 Å². The number of amides is 1. The number of ether oxygens (including phenoxy) is 1. The van der Waals surface area contributed by atoms with Gasteiger partial charge in [0.05, 0.1) is 25.4 Å². The zero-order valence-electron chi connectivity index (χ0n) is 44.0. The fourth-order valence-corrected chi connectivity index (χ4v) is 9.28. The van der Waals surface area contributed by atoms with Crippen molar-refractivity contribution in [3.63, 3.8) is 0 Å². The van der Waals surface area contributed by atoms with Crippen molar-refractivity contribution >= 4 is 11.9 Å². The van der Waals surface area contributed by atoms with Crippen LogP contribution in [0.2, 0.25) is 0 Å². The highest BCUT2D eigenvalue weighted by atomic mass is 16.5. The summed E-state index contributed by atoms with van der Waals surface area (Å²) in [4.78, 5) is 24.5. The summed E-state index contributed by atoms with van der Waals surface area (Å²) in [5, 5.41) is 23.1. The second kappa shape index (κ2) is 55.2. The van der Waals surface area contributed by atoms with Gasteiger partial charge in [0.25, 0.3) is 0 Å². The van der Waals surface area contributed by atoms with Gasteiger partial charge in [-0.3, -0.25) is 9.59 Å². The van der Waals surface area contributed by atoms with Crippen LogP contribution < -0.4 is 5.32 Å². The lowest BCUT2D eigenvalue weighted by Gasteiger charge is -2.20. The second-order valence-electron chi connectivity index (χ2n) is 20.3. The Morgan fingerprint density at radius 3 is 1.05 bits per heavy atom. The third kappa shape index (κ3) is 51.8. The summed E-state index contributed by atoms with van der Waals surface area (Å²) in [6, 6.07) is -0.630. The van der Waals surface area contributed by atoms with Crippen molar-refractivity contribution in [2.24, 2.45) is 0 Å². The Hall–Kier alpha value is -1.40. The number of aliphatic hydroxyl groups excluding tert-OH is 2. The van der Waals surface area contributed by atoms with Crippen molar-refractivity contribution in [1.29, 1.82) is 0 Å². The molecule has 0 radical (unpaired) electrons. The number of carbonyl (C=O) groups is 2. The van der Waals surface area contributed by atoms with Gasteiger partial charge < -0.3 is 20.3 Å². The van der Waals surface area contributed by atoms with E-state index in [-0.39, 0.29) is 18.5 Å². The average molecular weight is 919 g/mol. The van der Waals surface area contributed by atoms with Gasteiger partial charge in [-0.1, -0.05) is 296 Å². The van der Waals surface area contributed by atoms with Crippen molar-refractivity contribution in [2.45, 2.75) is 341 Å². The predicted molar refractivity (Wildman–Crippen MR) is 283 cm³/mol. The van der Waals surface area contributed by atoms with Crippen molar-refractivity contribution in [1.82, 2.24) is 5.32 Å². The quantitative estimate of drug-likeness (QED) is 0.0321. The van der Waals surface area contributed by atoms with Crippen LogP contribution in [-0.4, -0.2) is 47.4 Å². The first-order valence-corrected chi connectivity index (χ1v) is 29.5. The fraction of sp³-hybridized carbons (Fsp3) is 0.932. The van der Waals surface area contributed by atoms with Gasteiger partial charge in [-0.05, 0) is 32.1 Å². The highest BCUT2D eigenvalue weighted by Crippen LogP contribution is 2.17. The molecule has 0 aromatic carbocycles. The lowest BCUT2D eigenvalue weighted by Crippen LogP contribution is -2.45. The summed E-state index contributed by atoms with van der Waals surface area (Å²) in [5.41, 5.74) is 0. The number of hydrogen-bond acceptors (Lipinski definition) is 5. The van der Waals surface area contributed by atoms with Gasteiger partial charge in [-0.25, -0.2) is 0 Å². The van der Waals surface area contributed by atoms with Crippen LogP contribution >= 0.6 is 0 Å². The number of aliphatic hydroxyl groups is 2. The van der Waals surface area contributed by atoms with Crippen LogP contribution in [0.15, 0.2) is 12.2 Å². The molecule has 0 heterocycles. The number of hydrogen-bond donors (Lipinski definition) is 3. The lowest BCUT2D eigenvalue weighted by atomic mass is 10.0. The Labute approximate surface area is 406 Å². The average Bonchev–Trinajstić information content (AvgIpc) is 3.31. The van der Waals surface area contributed by atoms with Crippen LogP contribution in [-0.2, 0) is 14.3 Å². The summed E-state index contributed by atoms with van der Waals surface area (Å²) in [6.07, 6.45) is 65.2. The molecule has 0 rings (SSSR count). The molecule has 0 saturated carbocycles. The molecule has 2 atom stereocenters. The molecule has 0 spiro atoms. The molecule has 386 valence electrons. The summed E-state index contributed by atoms with van der Waals surface area (Å²) in [6.45, 7) is 4.91. The first-order chi connectivity index (χ1) is 32.0. The second-order valence-corrected chi connectivity index (χ2v) is 20.3. The van der Waals surface area contributed by atoms with E-state index in [1.807, 2.05) is 6.08 Å². The molecule has 0 saturated heterocycles. The molecule has 6 heteroatoms. The zero-order valence-corrected chi connectivity index (χ0v) is 44.0. The molecule has 65 heavy (non-hydrogen) atoms. The van der Waals surface area contributed by atoms with Crippen LogP contribution in [0.25, 0.3) is 0 Å². The van der Waals surface area contributed by atoms with E-state index in [0.717, 1.165) is 38.5 Å². The highest BCUT2D eigenvalue weighted by Gasteiger charge is 2.18. The summed E-state index contributed by atoms with van der Waals surface area (Å²) in [5.74, 6) is -0.0627.